The Labute approximate surface area is 73.7 Å². The van der Waals surface area contributed by atoms with Crippen LogP contribution in [0.4, 0.5) is 0 Å². The molecule has 0 amide bonds. The Bertz CT molecular complexity index is 294. The SMILES string of the molecule is OC(c1cn[nH]c1)c1ccsc1. The Kier molecular flexibility index (Phi) is 1.93. The van der Waals surface area contributed by atoms with Gasteiger partial charge in [-0.3, -0.25) is 5.10 Å². The van der Waals surface area contributed by atoms with Crippen LogP contribution < -0.4 is 0 Å². The van der Waals surface area contributed by atoms with Crippen molar-refractivity contribution >= 4 is 11.3 Å². The second-order valence-corrected chi connectivity index (χ2v) is 3.27. The van der Waals surface area contributed by atoms with Crippen molar-refractivity contribution in [1.82, 2.24) is 10.2 Å². The van der Waals surface area contributed by atoms with Crippen LogP contribution in [0.15, 0.2) is 29.2 Å². The Morgan fingerprint density at radius 3 is 3.00 bits per heavy atom. The smallest absolute Gasteiger partial charge is 0.108 e. The van der Waals surface area contributed by atoms with Gasteiger partial charge < -0.3 is 5.11 Å². The number of H-pyrrole nitrogens is 1. The number of aromatic amines is 1. The van der Waals surface area contributed by atoms with E-state index in [1.54, 1.807) is 23.7 Å². The summed E-state index contributed by atoms with van der Waals surface area (Å²) in [6, 6.07) is 1.91. The van der Waals surface area contributed by atoms with Gasteiger partial charge in [0, 0.05) is 11.8 Å². The first-order chi connectivity index (χ1) is 5.88. The molecule has 0 radical (unpaired) electrons. The van der Waals surface area contributed by atoms with Crippen LogP contribution >= 0.6 is 11.3 Å². The minimum Gasteiger partial charge on any atom is -0.384 e. The third-order valence-corrected chi connectivity index (χ3v) is 2.40. The molecule has 0 aliphatic rings. The fraction of sp³-hybridized carbons (Fsp3) is 0.125. The van der Waals surface area contributed by atoms with Gasteiger partial charge in [-0.05, 0) is 22.4 Å². The molecule has 0 spiro atoms. The van der Waals surface area contributed by atoms with Gasteiger partial charge >= 0.3 is 0 Å². The molecule has 0 saturated carbocycles. The zero-order valence-electron chi connectivity index (χ0n) is 6.27. The van der Waals surface area contributed by atoms with E-state index in [0.717, 1.165) is 11.1 Å². The van der Waals surface area contributed by atoms with E-state index in [-0.39, 0.29) is 0 Å². The highest BCUT2D eigenvalue weighted by Gasteiger charge is 2.10. The molecule has 12 heavy (non-hydrogen) atoms. The molecule has 2 aromatic rings. The predicted octanol–water partition coefficient (Wildman–Crippen LogP) is 1.55. The van der Waals surface area contributed by atoms with Crippen LogP contribution in [0.3, 0.4) is 0 Å². The summed E-state index contributed by atoms with van der Waals surface area (Å²) in [5.41, 5.74) is 1.72. The molecule has 1 unspecified atom stereocenters. The summed E-state index contributed by atoms with van der Waals surface area (Å²) in [6.07, 6.45) is 2.78. The lowest BCUT2D eigenvalue weighted by atomic mass is 10.1. The quantitative estimate of drug-likeness (QED) is 0.736. The second-order valence-electron chi connectivity index (χ2n) is 2.49. The normalized spacial score (nSPS) is 13.1. The molecular formula is C8H8N2OS. The van der Waals surface area contributed by atoms with E-state index in [1.807, 2.05) is 16.8 Å². The first-order valence-electron chi connectivity index (χ1n) is 3.57. The van der Waals surface area contributed by atoms with Crippen LogP contribution in [0.1, 0.15) is 17.2 Å². The Morgan fingerprint density at radius 1 is 1.50 bits per heavy atom. The fourth-order valence-electron chi connectivity index (χ4n) is 1.03. The summed E-state index contributed by atoms with van der Waals surface area (Å²) in [5.74, 6) is 0. The number of hydrogen-bond acceptors (Lipinski definition) is 3. The summed E-state index contributed by atoms with van der Waals surface area (Å²) < 4.78 is 0. The minimum absolute atomic E-state index is 0.546. The molecule has 0 saturated heterocycles. The lowest BCUT2D eigenvalue weighted by Gasteiger charge is -2.03. The highest BCUT2D eigenvalue weighted by molar-refractivity contribution is 7.07. The van der Waals surface area contributed by atoms with Gasteiger partial charge in [0.25, 0.3) is 0 Å². The molecule has 0 bridgehead atoms. The van der Waals surface area contributed by atoms with Gasteiger partial charge in [0.1, 0.15) is 6.10 Å². The van der Waals surface area contributed by atoms with Crippen LogP contribution in [-0.2, 0) is 0 Å². The molecule has 1 atom stereocenters. The number of nitrogens with zero attached hydrogens (tertiary/aromatic N) is 1. The van der Waals surface area contributed by atoms with Crippen LogP contribution in [-0.4, -0.2) is 15.3 Å². The Hall–Kier alpha value is -1.13. The van der Waals surface area contributed by atoms with Crippen molar-refractivity contribution in [1.29, 1.82) is 0 Å². The zero-order chi connectivity index (χ0) is 8.39. The number of hydrogen-bond donors (Lipinski definition) is 2. The number of aromatic nitrogens is 2. The van der Waals surface area contributed by atoms with Crippen molar-refractivity contribution in [2.45, 2.75) is 6.10 Å². The zero-order valence-corrected chi connectivity index (χ0v) is 7.08. The minimum atomic E-state index is -0.546. The van der Waals surface area contributed by atoms with Crippen molar-refractivity contribution in [2.75, 3.05) is 0 Å². The molecule has 0 aliphatic carbocycles. The predicted molar refractivity (Wildman–Crippen MR) is 47.0 cm³/mol. The third kappa shape index (κ3) is 1.26. The number of nitrogens with one attached hydrogen (secondary N) is 1. The molecule has 0 aromatic carbocycles. The molecule has 2 N–H and O–H groups in total. The van der Waals surface area contributed by atoms with Crippen molar-refractivity contribution < 1.29 is 5.11 Å². The van der Waals surface area contributed by atoms with Crippen LogP contribution in [0.25, 0.3) is 0 Å². The molecule has 0 fully saturated rings. The number of aliphatic hydroxyl groups excluding tert-OH is 1. The second kappa shape index (κ2) is 3.08. The summed E-state index contributed by atoms with van der Waals surface area (Å²) in [6.45, 7) is 0. The van der Waals surface area contributed by atoms with Gasteiger partial charge in [0.15, 0.2) is 0 Å². The maximum absolute atomic E-state index is 9.72. The van der Waals surface area contributed by atoms with Crippen molar-refractivity contribution in [2.24, 2.45) is 0 Å². The number of rotatable bonds is 2. The first-order valence-corrected chi connectivity index (χ1v) is 4.51. The van der Waals surface area contributed by atoms with Gasteiger partial charge in [0.2, 0.25) is 0 Å². The summed E-state index contributed by atoms with van der Waals surface area (Å²) in [5, 5.41) is 20.0. The maximum Gasteiger partial charge on any atom is 0.108 e. The molecule has 2 rings (SSSR count). The van der Waals surface area contributed by atoms with Crippen molar-refractivity contribution in [3.8, 4) is 0 Å². The van der Waals surface area contributed by atoms with Gasteiger partial charge in [0.05, 0.1) is 6.20 Å². The molecule has 62 valence electrons. The third-order valence-electron chi connectivity index (χ3n) is 1.69. The van der Waals surface area contributed by atoms with E-state index >= 15 is 0 Å². The first kappa shape index (κ1) is 7.52. The Morgan fingerprint density at radius 2 is 2.42 bits per heavy atom. The number of thiophene rings is 1. The van der Waals surface area contributed by atoms with Gasteiger partial charge in [-0.25, -0.2) is 0 Å². The molecule has 2 aromatic heterocycles. The fourth-order valence-corrected chi connectivity index (χ4v) is 1.71. The molecule has 3 nitrogen and oxygen atoms in total. The average molecular weight is 180 g/mol. The van der Waals surface area contributed by atoms with E-state index in [9.17, 15) is 5.11 Å². The van der Waals surface area contributed by atoms with E-state index in [0.29, 0.717) is 0 Å². The largest absolute Gasteiger partial charge is 0.384 e. The summed E-state index contributed by atoms with van der Waals surface area (Å²) >= 11 is 1.57. The van der Waals surface area contributed by atoms with Gasteiger partial charge in [-0.1, -0.05) is 0 Å². The molecule has 4 heteroatoms. The van der Waals surface area contributed by atoms with Crippen molar-refractivity contribution in [3.63, 3.8) is 0 Å². The van der Waals surface area contributed by atoms with E-state index < -0.39 is 6.10 Å². The number of aliphatic hydroxyl groups is 1. The highest BCUT2D eigenvalue weighted by Crippen LogP contribution is 2.22. The lowest BCUT2D eigenvalue weighted by Crippen LogP contribution is -1.95. The Balaban J connectivity index is 2.27. The van der Waals surface area contributed by atoms with Crippen molar-refractivity contribution in [3.05, 3.63) is 40.3 Å². The van der Waals surface area contributed by atoms with Gasteiger partial charge in [-0.15, -0.1) is 0 Å². The summed E-state index contributed by atoms with van der Waals surface area (Å²) in [7, 11) is 0. The van der Waals surface area contributed by atoms with Gasteiger partial charge in [-0.2, -0.15) is 16.4 Å². The lowest BCUT2D eigenvalue weighted by molar-refractivity contribution is 0.221. The van der Waals surface area contributed by atoms with E-state index in [4.69, 9.17) is 0 Å². The monoisotopic (exact) mass is 180 g/mol. The topological polar surface area (TPSA) is 48.9 Å². The highest BCUT2D eigenvalue weighted by atomic mass is 32.1. The van der Waals surface area contributed by atoms with Crippen LogP contribution in [0, 0.1) is 0 Å². The molecule has 0 aliphatic heterocycles. The molecular weight excluding hydrogens is 172 g/mol. The molecule has 2 heterocycles. The maximum atomic E-state index is 9.72. The standard InChI is InChI=1S/C8H8N2OS/c11-8(6-1-2-12-5-6)7-3-9-10-4-7/h1-5,8,11H,(H,9,10). The van der Waals surface area contributed by atoms with E-state index in [1.165, 1.54) is 0 Å². The van der Waals surface area contributed by atoms with Crippen LogP contribution in [0.5, 0.6) is 0 Å². The summed E-state index contributed by atoms with van der Waals surface area (Å²) in [4.78, 5) is 0. The average Bonchev–Trinajstić information content (AvgIpc) is 2.77. The van der Waals surface area contributed by atoms with Crippen LogP contribution in [0.2, 0.25) is 0 Å². The van der Waals surface area contributed by atoms with E-state index in [2.05, 4.69) is 10.2 Å².